The smallest absolute Gasteiger partial charge is 0.406 e. The highest BCUT2D eigenvalue weighted by Crippen LogP contribution is 2.38. The molecule has 160 valence electrons. The van der Waals surface area contributed by atoms with Gasteiger partial charge in [-0.3, -0.25) is 9.36 Å². The summed E-state index contributed by atoms with van der Waals surface area (Å²) in [6, 6.07) is 6.19. The van der Waals surface area contributed by atoms with Gasteiger partial charge in [0.25, 0.3) is 5.56 Å². The molecule has 0 amide bonds. The third-order valence-electron chi connectivity index (χ3n) is 5.76. The Morgan fingerprint density at radius 2 is 1.93 bits per heavy atom. The van der Waals surface area contributed by atoms with Gasteiger partial charge in [-0.15, -0.1) is 18.3 Å². The van der Waals surface area contributed by atoms with E-state index in [2.05, 4.69) is 18.6 Å². The SMILES string of the molecule is CCC(C)c1cc(C)n2nc(-c3ccc(OC(F)(F)F)cc3C)n(C3CC3)c(=O)c12. The molecule has 0 bridgehead atoms. The molecule has 8 heteroatoms. The van der Waals surface area contributed by atoms with E-state index < -0.39 is 6.36 Å². The Bertz CT molecular complexity index is 1170. The molecule has 0 saturated heterocycles. The minimum absolute atomic E-state index is 0.0653. The highest BCUT2D eigenvalue weighted by atomic mass is 19.4. The summed E-state index contributed by atoms with van der Waals surface area (Å²) in [7, 11) is 0. The Balaban J connectivity index is 1.93. The Kier molecular flexibility index (Phi) is 4.91. The fraction of sp³-hybridized carbons (Fsp3) is 0.455. The summed E-state index contributed by atoms with van der Waals surface area (Å²) < 4.78 is 45.1. The van der Waals surface area contributed by atoms with Gasteiger partial charge in [0.05, 0.1) is 0 Å². The largest absolute Gasteiger partial charge is 0.573 e. The van der Waals surface area contributed by atoms with Crippen LogP contribution in [0.15, 0.2) is 29.1 Å². The average molecular weight is 419 g/mol. The van der Waals surface area contributed by atoms with Crippen LogP contribution >= 0.6 is 0 Å². The molecule has 1 fully saturated rings. The molecule has 5 nitrogen and oxygen atoms in total. The van der Waals surface area contributed by atoms with Gasteiger partial charge in [-0.2, -0.15) is 0 Å². The van der Waals surface area contributed by atoms with Gasteiger partial charge in [0.1, 0.15) is 11.3 Å². The second-order valence-corrected chi connectivity index (χ2v) is 8.07. The van der Waals surface area contributed by atoms with Crippen molar-refractivity contribution in [3.8, 4) is 17.1 Å². The van der Waals surface area contributed by atoms with Crippen molar-refractivity contribution in [2.24, 2.45) is 0 Å². The quantitative estimate of drug-likeness (QED) is 0.547. The van der Waals surface area contributed by atoms with Crippen LogP contribution in [0.2, 0.25) is 0 Å². The fourth-order valence-corrected chi connectivity index (χ4v) is 3.88. The standard InChI is InChI=1S/C22H24F3N3O2/c1-5-12(2)18-11-14(4)28-19(18)21(29)27(15-6-7-15)20(26-28)17-9-8-16(10-13(17)3)30-22(23,24)25/h8-12,15H,5-7H2,1-4H3. The topological polar surface area (TPSA) is 48.5 Å². The van der Waals surface area contributed by atoms with Crippen LogP contribution in [0.5, 0.6) is 5.75 Å². The van der Waals surface area contributed by atoms with Crippen LogP contribution in [0.4, 0.5) is 13.2 Å². The third kappa shape index (κ3) is 3.59. The maximum Gasteiger partial charge on any atom is 0.573 e. The second kappa shape index (κ2) is 7.18. The lowest BCUT2D eigenvalue weighted by molar-refractivity contribution is -0.274. The number of nitrogens with zero attached hydrogens (tertiary/aromatic N) is 3. The molecule has 1 aliphatic carbocycles. The summed E-state index contributed by atoms with van der Waals surface area (Å²) in [5, 5.41) is 4.79. The van der Waals surface area contributed by atoms with Crippen molar-refractivity contribution < 1.29 is 17.9 Å². The number of aryl methyl sites for hydroxylation is 2. The minimum atomic E-state index is -4.75. The summed E-state index contributed by atoms with van der Waals surface area (Å²) in [5.41, 5.74) is 3.52. The molecular formula is C22H24F3N3O2. The van der Waals surface area contributed by atoms with Gasteiger partial charge in [-0.25, -0.2) is 4.52 Å². The molecule has 0 radical (unpaired) electrons. The summed E-state index contributed by atoms with van der Waals surface area (Å²) in [6.45, 7) is 7.77. The van der Waals surface area contributed by atoms with Crippen molar-refractivity contribution in [2.75, 3.05) is 0 Å². The third-order valence-corrected chi connectivity index (χ3v) is 5.76. The summed E-state index contributed by atoms with van der Waals surface area (Å²) in [4.78, 5) is 13.6. The van der Waals surface area contributed by atoms with Gasteiger partial charge in [-0.1, -0.05) is 13.8 Å². The predicted molar refractivity (Wildman–Crippen MR) is 108 cm³/mol. The molecule has 1 atom stereocenters. The van der Waals surface area contributed by atoms with E-state index in [1.807, 2.05) is 13.0 Å². The lowest BCUT2D eigenvalue weighted by Crippen LogP contribution is -2.26. The van der Waals surface area contributed by atoms with Crippen LogP contribution in [0, 0.1) is 13.8 Å². The number of benzene rings is 1. The summed E-state index contributed by atoms with van der Waals surface area (Å²) >= 11 is 0. The van der Waals surface area contributed by atoms with Gasteiger partial charge < -0.3 is 4.74 Å². The molecule has 1 saturated carbocycles. The molecule has 2 aromatic heterocycles. The van der Waals surface area contributed by atoms with Crippen LogP contribution in [-0.4, -0.2) is 20.5 Å². The Hall–Kier alpha value is -2.77. The highest BCUT2D eigenvalue weighted by Gasteiger charge is 2.33. The molecule has 1 aromatic carbocycles. The summed E-state index contributed by atoms with van der Waals surface area (Å²) in [6.07, 6.45) is -2.08. The minimum Gasteiger partial charge on any atom is -0.406 e. The van der Waals surface area contributed by atoms with Crippen molar-refractivity contribution in [3.63, 3.8) is 0 Å². The number of hydrogen-bond donors (Lipinski definition) is 0. The van der Waals surface area contributed by atoms with Gasteiger partial charge in [0.2, 0.25) is 0 Å². The Morgan fingerprint density at radius 1 is 1.23 bits per heavy atom. The maximum absolute atomic E-state index is 13.6. The molecule has 0 aliphatic heterocycles. The van der Waals surface area contributed by atoms with E-state index in [4.69, 9.17) is 5.10 Å². The number of hydrogen-bond acceptors (Lipinski definition) is 3. The molecule has 3 aromatic rings. The van der Waals surface area contributed by atoms with E-state index >= 15 is 0 Å². The first-order chi connectivity index (χ1) is 14.1. The summed E-state index contributed by atoms with van der Waals surface area (Å²) in [5.74, 6) is 0.407. The van der Waals surface area contributed by atoms with E-state index in [9.17, 15) is 18.0 Å². The van der Waals surface area contributed by atoms with E-state index in [1.54, 1.807) is 16.0 Å². The van der Waals surface area contributed by atoms with Crippen molar-refractivity contribution >= 4 is 5.52 Å². The monoisotopic (exact) mass is 419 g/mol. The number of rotatable bonds is 5. The van der Waals surface area contributed by atoms with E-state index in [0.717, 1.165) is 30.5 Å². The van der Waals surface area contributed by atoms with Crippen molar-refractivity contribution in [1.82, 2.24) is 14.2 Å². The molecule has 0 spiro atoms. The van der Waals surface area contributed by atoms with Crippen molar-refractivity contribution in [3.05, 3.63) is 51.4 Å². The second-order valence-electron chi connectivity index (χ2n) is 8.07. The van der Waals surface area contributed by atoms with Crippen LogP contribution in [0.3, 0.4) is 0 Å². The van der Waals surface area contributed by atoms with Gasteiger partial charge in [-0.05, 0) is 74.4 Å². The average Bonchev–Trinajstić information content (AvgIpc) is 3.43. The van der Waals surface area contributed by atoms with Crippen LogP contribution in [-0.2, 0) is 0 Å². The van der Waals surface area contributed by atoms with E-state index in [1.165, 1.54) is 18.2 Å². The van der Waals surface area contributed by atoms with Gasteiger partial charge >= 0.3 is 6.36 Å². The molecule has 0 N–H and O–H groups in total. The number of fused-ring (bicyclic) bond motifs is 1. The zero-order valence-electron chi connectivity index (χ0n) is 17.4. The first-order valence-corrected chi connectivity index (χ1v) is 10.1. The fourth-order valence-electron chi connectivity index (χ4n) is 3.88. The molecule has 2 heterocycles. The van der Waals surface area contributed by atoms with Crippen LogP contribution in [0.1, 0.15) is 61.9 Å². The molecular weight excluding hydrogens is 395 g/mol. The number of halogens is 3. The van der Waals surface area contributed by atoms with Gasteiger partial charge in [0.15, 0.2) is 5.82 Å². The Morgan fingerprint density at radius 3 is 2.50 bits per heavy atom. The van der Waals surface area contributed by atoms with E-state index in [0.29, 0.717) is 22.5 Å². The molecule has 1 aliphatic rings. The maximum atomic E-state index is 13.6. The lowest BCUT2D eigenvalue weighted by atomic mass is 10.00. The lowest BCUT2D eigenvalue weighted by Gasteiger charge is -2.16. The normalized spacial score (nSPS) is 15.6. The van der Waals surface area contributed by atoms with Crippen LogP contribution < -0.4 is 10.3 Å². The van der Waals surface area contributed by atoms with Crippen molar-refractivity contribution in [1.29, 1.82) is 0 Å². The van der Waals surface area contributed by atoms with E-state index in [-0.39, 0.29) is 23.3 Å². The number of ether oxygens (including phenoxy) is 1. The highest BCUT2D eigenvalue weighted by molar-refractivity contribution is 5.65. The van der Waals surface area contributed by atoms with Crippen molar-refractivity contribution in [2.45, 2.75) is 65.3 Å². The molecule has 4 rings (SSSR count). The predicted octanol–water partition coefficient (Wildman–Crippen LogP) is 5.53. The first-order valence-electron chi connectivity index (χ1n) is 10.1. The van der Waals surface area contributed by atoms with Crippen LogP contribution in [0.25, 0.3) is 16.9 Å². The number of aromatic nitrogens is 3. The molecule has 30 heavy (non-hydrogen) atoms. The zero-order chi connectivity index (χ0) is 21.8. The first kappa shape index (κ1) is 20.5. The zero-order valence-corrected chi connectivity index (χ0v) is 17.4. The Labute approximate surface area is 172 Å². The molecule has 1 unspecified atom stereocenters. The number of alkyl halides is 3. The van der Waals surface area contributed by atoms with Gasteiger partial charge in [0, 0.05) is 17.3 Å².